The highest BCUT2D eigenvalue weighted by Crippen LogP contribution is 2.32. The number of piperidine rings is 2. The van der Waals surface area contributed by atoms with Gasteiger partial charge in [0.1, 0.15) is 0 Å². The fourth-order valence-electron chi connectivity index (χ4n) is 4.92. The van der Waals surface area contributed by atoms with E-state index in [1.165, 1.54) is 67.9 Å². The lowest BCUT2D eigenvalue weighted by atomic mass is 9.89. The molecule has 1 atom stereocenters. The Kier molecular flexibility index (Phi) is 7.55. The van der Waals surface area contributed by atoms with Crippen molar-refractivity contribution in [2.45, 2.75) is 49.5 Å². The number of terminal acetylenes is 1. The summed E-state index contributed by atoms with van der Waals surface area (Å²) in [7, 11) is 0. The van der Waals surface area contributed by atoms with Crippen LogP contribution >= 0.6 is 11.9 Å². The normalized spacial score (nSPS) is 24.0. The van der Waals surface area contributed by atoms with Crippen LogP contribution in [-0.4, -0.2) is 41.4 Å². The first kappa shape index (κ1) is 21.5. The zero-order valence-electron chi connectivity index (χ0n) is 18.0. The Labute approximate surface area is 187 Å². The molecule has 0 amide bonds. The Balaban J connectivity index is 1.22. The third-order valence-electron chi connectivity index (χ3n) is 6.88. The molecule has 0 saturated carbocycles. The van der Waals surface area contributed by atoms with Gasteiger partial charge in [-0.25, -0.2) is 4.31 Å². The van der Waals surface area contributed by atoms with Crippen LogP contribution in [0.25, 0.3) is 5.57 Å². The van der Waals surface area contributed by atoms with Crippen molar-refractivity contribution in [1.82, 2.24) is 9.21 Å². The SMILES string of the molecule is C#CCC1CCN(C2CCN(Sc3ccc(C(=C)C4C=CC=CC4)cc3)CC2)CC1. The zero-order chi connectivity index (χ0) is 20.8. The van der Waals surface area contributed by atoms with Gasteiger partial charge in [-0.3, -0.25) is 0 Å². The first-order chi connectivity index (χ1) is 14.7. The molecule has 2 fully saturated rings. The monoisotopic (exact) mass is 418 g/mol. The predicted octanol–water partition coefficient (Wildman–Crippen LogP) is 6.04. The molecule has 4 rings (SSSR count). The largest absolute Gasteiger partial charge is 0.300 e. The molecule has 0 bridgehead atoms. The molecule has 1 aliphatic carbocycles. The van der Waals surface area contributed by atoms with E-state index >= 15 is 0 Å². The summed E-state index contributed by atoms with van der Waals surface area (Å²) in [5.41, 5.74) is 2.48. The molecule has 3 heteroatoms. The summed E-state index contributed by atoms with van der Waals surface area (Å²) in [4.78, 5) is 4.06. The average Bonchev–Trinajstić information content (AvgIpc) is 2.81. The Hall–Kier alpha value is -1.73. The minimum absolute atomic E-state index is 0.434. The maximum absolute atomic E-state index is 5.49. The van der Waals surface area contributed by atoms with Crippen molar-refractivity contribution in [2.24, 2.45) is 11.8 Å². The van der Waals surface area contributed by atoms with E-state index in [2.05, 4.69) is 70.3 Å². The Morgan fingerprint density at radius 2 is 1.77 bits per heavy atom. The molecule has 30 heavy (non-hydrogen) atoms. The van der Waals surface area contributed by atoms with E-state index in [-0.39, 0.29) is 0 Å². The molecule has 158 valence electrons. The van der Waals surface area contributed by atoms with Gasteiger partial charge >= 0.3 is 0 Å². The van der Waals surface area contributed by atoms with Gasteiger partial charge in [0.2, 0.25) is 0 Å². The maximum atomic E-state index is 5.49. The van der Waals surface area contributed by atoms with Crippen LogP contribution in [0.15, 0.2) is 60.0 Å². The van der Waals surface area contributed by atoms with Crippen molar-refractivity contribution >= 4 is 17.5 Å². The number of hydrogen-bond donors (Lipinski definition) is 0. The molecular formula is C27H34N2S. The smallest absolute Gasteiger partial charge is 0.0230 e. The molecule has 2 nitrogen and oxygen atoms in total. The highest BCUT2D eigenvalue weighted by molar-refractivity contribution is 7.97. The van der Waals surface area contributed by atoms with Gasteiger partial charge in [-0.1, -0.05) is 43.0 Å². The molecule has 0 radical (unpaired) electrons. The second-order valence-corrected chi connectivity index (χ2v) is 10.0. The fourth-order valence-corrected chi connectivity index (χ4v) is 5.87. The third kappa shape index (κ3) is 5.49. The van der Waals surface area contributed by atoms with Crippen LogP contribution in [-0.2, 0) is 0 Å². The summed E-state index contributed by atoms with van der Waals surface area (Å²) in [6.07, 6.45) is 21.4. The average molecular weight is 419 g/mol. The number of nitrogens with zero attached hydrogens (tertiary/aromatic N) is 2. The van der Waals surface area contributed by atoms with Crippen molar-refractivity contribution in [1.29, 1.82) is 0 Å². The quantitative estimate of drug-likeness (QED) is 0.411. The topological polar surface area (TPSA) is 6.48 Å². The van der Waals surface area contributed by atoms with Gasteiger partial charge in [0.25, 0.3) is 0 Å². The van der Waals surface area contributed by atoms with Crippen LogP contribution < -0.4 is 0 Å². The molecule has 1 aromatic rings. The van der Waals surface area contributed by atoms with Gasteiger partial charge in [-0.2, -0.15) is 0 Å². The van der Waals surface area contributed by atoms with Crippen molar-refractivity contribution in [2.75, 3.05) is 26.2 Å². The molecule has 1 unspecified atom stereocenters. The first-order valence-corrected chi connectivity index (χ1v) is 12.2. The molecule has 1 aromatic carbocycles. The first-order valence-electron chi connectivity index (χ1n) is 11.5. The molecule has 2 heterocycles. The summed E-state index contributed by atoms with van der Waals surface area (Å²) in [5.74, 6) is 4.04. The van der Waals surface area contributed by atoms with Gasteiger partial charge in [0.05, 0.1) is 0 Å². The number of benzene rings is 1. The van der Waals surface area contributed by atoms with E-state index in [4.69, 9.17) is 6.42 Å². The van der Waals surface area contributed by atoms with Crippen molar-refractivity contribution in [3.8, 4) is 12.3 Å². The van der Waals surface area contributed by atoms with Crippen LogP contribution in [0.5, 0.6) is 0 Å². The predicted molar refractivity (Wildman–Crippen MR) is 130 cm³/mol. The van der Waals surface area contributed by atoms with E-state index in [0.717, 1.165) is 24.8 Å². The van der Waals surface area contributed by atoms with Crippen LogP contribution in [0.2, 0.25) is 0 Å². The van der Waals surface area contributed by atoms with E-state index < -0.39 is 0 Å². The van der Waals surface area contributed by atoms with Crippen molar-refractivity contribution in [3.63, 3.8) is 0 Å². The summed E-state index contributed by atoms with van der Waals surface area (Å²) in [5, 5.41) is 0. The number of allylic oxidation sites excluding steroid dienone is 5. The highest BCUT2D eigenvalue weighted by Gasteiger charge is 2.28. The molecule has 3 aliphatic rings. The lowest BCUT2D eigenvalue weighted by Gasteiger charge is -2.41. The lowest BCUT2D eigenvalue weighted by Crippen LogP contribution is -2.46. The highest BCUT2D eigenvalue weighted by atomic mass is 32.2. The van der Waals surface area contributed by atoms with Crippen LogP contribution in [0.4, 0.5) is 0 Å². The van der Waals surface area contributed by atoms with Gasteiger partial charge in [-0.15, -0.1) is 12.3 Å². The van der Waals surface area contributed by atoms with Crippen molar-refractivity contribution < 1.29 is 0 Å². The molecule has 2 aliphatic heterocycles. The van der Waals surface area contributed by atoms with Gasteiger partial charge < -0.3 is 4.90 Å². The Bertz CT molecular complexity index is 800. The van der Waals surface area contributed by atoms with Gasteiger partial charge in [0, 0.05) is 36.4 Å². The molecular weight excluding hydrogens is 384 g/mol. The number of rotatable bonds is 6. The summed E-state index contributed by atoms with van der Waals surface area (Å²) in [6.45, 7) is 9.17. The minimum Gasteiger partial charge on any atom is -0.300 e. The lowest BCUT2D eigenvalue weighted by molar-refractivity contribution is 0.1000. The maximum Gasteiger partial charge on any atom is 0.0230 e. The zero-order valence-corrected chi connectivity index (χ0v) is 18.8. The Morgan fingerprint density at radius 3 is 2.40 bits per heavy atom. The van der Waals surface area contributed by atoms with E-state index in [1.807, 2.05) is 11.9 Å². The van der Waals surface area contributed by atoms with E-state index in [0.29, 0.717) is 5.92 Å². The van der Waals surface area contributed by atoms with Gasteiger partial charge in [-0.05, 0) is 86.3 Å². The Morgan fingerprint density at radius 1 is 1.03 bits per heavy atom. The van der Waals surface area contributed by atoms with Gasteiger partial charge in [0.15, 0.2) is 0 Å². The third-order valence-corrected chi connectivity index (χ3v) is 7.99. The van der Waals surface area contributed by atoms with Crippen LogP contribution in [0.1, 0.15) is 44.1 Å². The molecule has 0 spiro atoms. The van der Waals surface area contributed by atoms with Crippen LogP contribution in [0, 0.1) is 24.2 Å². The second-order valence-electron chi connectivity index (χ2n) is 8.84. The second kappa shape index (κ2) is 10.5. The minimum atomic E-state index is 0.434. The summed E-state index contributed by atoms with van der Waals surface area (Å²) in [6, 6.07) is 9.76. The van der Waals surface area contributed by atoms with E-state index in [1.54, 1.807) is 0 Å². The van der Waals surface area contributed by atoms with Crippen molar-refractivity contribution in [3.05, 3.63) is 60.7 Å². The number of hydrogen-bond acceptors (Lipinski definition) is 3. The number of likely N-dealkylation sites (tertiary alicyclic amines) is 1. The summed E-state index contributed by atoms with van der Waals surface area (Å²) >= 11 is 1.91. The standard InChI is InChI=1S/C27H34N2S/c1-3-7-23-14-18-28(19-15-23)26-16-20-29(21-17-26)30-27-12-10-25(11-13-27)22(2)24-8-5-4-6-9-24/h1,4-6,8,10-13,23-24,26H,2,7,9,14-21H2. The molecule has 0 N–H and O–H groups in total. The summed E-state index contributed by atoms with van der Waals surface area (Å²) < 4.78 is 2.54. The van der Waals surface area contributed by atoms with Crippen LogP contribution in [0.3, 0.4) is 0 Å². The van der Waals surface area contributed by atoms with E-state index in [9.17, 15) is 0 Å². The fraction of sp³-hybridized carbons (Fsp3) is 0.481. The molecule has 2 saturated heterocycles. The molecule has 0 aromatic heterocycles.